The molecule has 2 fully saturated rings. The van der Waals surface area contributed by atoms with Crippen LogP contribution in [0, 0.1) is 5.92 Å². The van der Waals surface area contributed by atoms with E-state index in [9.17, 15) is 9.59 Å². The van der Waals surface area contributed by atoms with Gasteiger partial charge >= 0.3 is 0 Å². The Kier molecular flexibility index (Phi) is 6.79. The molecule has 166 valence electrons. The van der Waals surface area contributed by atoms with Crippen LogP contribution in [0.2, 0.25) is 0 Å². The van der Waals surface area contributed by atoms with E-state index in [4.69, 9.17) is 0 Å². The van der Waals surface area contributed by atoms with Crippen LogP contribution in [0.1, 0.15) is 61.4 Å². The number of hydrogen-bond acceptors (Lipinski definition) is 3. The zero-order valence-electron chi connectivity index (χ0n) is 19.0. The van der Waals surface area contributed by atoms with E-state index in [1.165, 1.54) is 5.69 Å². The summed E-state index contributed by atoms with van der Waals surface area (Å²) in [5.41, 5.74) is 3.15. The minimum Gasteiger partial charge on any atom is -0.371 e. The maximum absolute atomic E-state index is 13.0. The molecule has 0 radical (unpaired) electrons. The first kappa shape index (κ1) is 21.7. The summed E-state index contributed by atoms with van der Waals surface area (Å²) in [6.45, 7) is 5.79. The molecular weight excluding hydrogens is 386 g/mol. The molecule has 2 saturated heterocycles. The van der Waals surface area contributed by atoms with Crippen molar-refractivity contribution in [1.29, 1.82) is 0 Å². The molecule has 2 aliphatic rings. The fraction of sp³-hybridized carbons (Fsp3) is 0.538. The second kappa shape index (κ2) is 9.71. The van der Waals surface area contributed by atoms with Crippen LogP contribution < -0.4 is 10.2 Å². The van der Waals surface area contributed by atoms with E-state index in [2.05, 4.69) is 40.2 Å². The van der Waals surface area contributed by atoms with Crippen LogP contribution >= 0.6 is 0 Å². The topological polar surface area (TPSA) is 52.7 Å². The average Bonchev–Trinajstić information content (AvgIpc) is 3.36. The van der Waals surface area contributed by atoms with Crippen LogP contribution in [0.15, 0.2) is 30.3 Å². The van der Waals surface area contributed by atoms with Gasteiger partial charge in [-0.15, -0.1) is 0 Å². The maximum atomic E-state index is 13.0. The number of rotatable bonds is 6. The van der Waals surface area contributed by atoms with E-state index in [1.807, 2.05) is 12.1 Å². The zero-order valence-corrected chi connectivity index (χ0v) is 19.0. The lowest BCUT2D eigenvalue weighted by molar-refractivity contribution is -0.135. The first-order valence-corrected chi connectivity index (χ1v) is 11.9. The van der Waals surface area contributed by atoms with Gasteiger partial charge in [0.1, 0.15) is 0 Å². The molecule has 0 aliphatic carbocycles. The van der Waals surface area contributed by atoms with Crippen LogP contribution in [-0.4, -0.2) is 49.9 Å². The highest BCUT2D eigenvalue weighted by Crippen LogP contribution is 2.35. The highest BCUT2D eigenvalue weighted by Gasteiger charge is 2.31. The number of nitrogens with zero attached hydrogens (tertiary/aromatic N) is 2. The van der Waals surface area contributed by atoms with Gasteiger partial charge in [0.25, 0.3) is 5.91 Å². The van der Waals surface area contributed by atoms with E-state index < -0.39 is 0 Å². The number of benzene rings is 2. The number of unbranched alkanes of at least 4 members (excludes halogenated alkanes) is 1. The summed E-state index contributed by atoms with van der Waals surface area (Å²) in [4.78, 5) is 30.3. The zero-order chi connectivity index (χ0) is 21.8. The van der Waals surface area contributed by atoms with Crippen LogP contribution in [0.5, 0.6) is 0 Å². The van der Waals surface area contributed by atoms with Gasteiger partial charge in [0.05, 0.1) is 5.56 Å². The summed E-state index contributed by atoms with van der Waals surface area (Å²) in [7, 11) is 1.71. The molecule has 1 N–H and O–H groups in total. The first-order valence-electron chi connectivity index (χ1n) is 11.9. The molecule has 31 heavy (non-hydrogen) atoms. The fourth-order valence-corrected chi connectivity index (χ4v) is 5.21. The molecule has 5 heteroatoms. The molecule has 2 aliphatic heterocycles. The molecule has 2 aromatic carbocycles. The summed E-state index contributed by atoms with van der Waals surface area (Å²) < 4.78 is 0. The molecule has 0 saturated carbocycles. The van der Waals surface area contributed by atoms with Crippen molar-refractivity contribution < 1.29 is 9.59 Å². The number of hydrogen-bond donors (Lipinski definition) is 1. The Bertz CT molecular complexity index is 941. The normalized spacial score (nSPS) is 17.4. The molecule has 4 rings (SSSR count). The Hall–Kier alpha value is -2.56. The van der Waals surface area contributed by atoms with Crippen LogP contribution in [-0.2, 0) is 11.2 Å². The van der Waals surface area contributed by atoms with Crippen LogP contribution in [0.4, 0.5) is 5.69 Å². The molecular formula is C26H35N3O2. The van der Waals surface area contributed by atoms with E-state index in [0.717, 1.165) is 93.0 Å². The highest BCUT2D eigenvalue weighted by atomic mass is 16.2. The van der Waals surface area contributed by atoms with Crippen molar-refractivity contribution in [3.05, 3.63) is 41.5 Å². The van der Waals surface area contributed by atoms with Crippen LogP contribution in [0.25, 0.3) is 10.8 Å². The van der Waals surface area contributed by atoms with Crippen molar-refractivity contribution in [3.63, 3.8) is 0 Å². The minimum absolute atomic E-state index is 0.0109. The Morgan fingerprint density at radius 3 is 2.45 bits per heavy atom. The lowest BCUT2D eigenvalue weighted by Gasteiger charge is -2.36. The summed E-state index contributed by atoms with van der Waals surface area (Å²) in [6.07, 6.45) is 7.11. The van der Waals surface area contributed by atoms with E-state index >= 15 is 0 Å². The number of carbonyl (C=O) groups is 2. The van der Waals surface area contributed by atoms with Crippen molar-refractivity contribution in [2.24, 2.45) is 5.92 Å². The third kappa shape index (κ3) is 4.41. The Morgan fingerprint density at radius 1 is 1.06 bits per heavy atom. The molecule has 2 aromatic rings. The van der Waals surface area contributed by atoms with Gasteiger partial charge in [-0.05, 0) is 60.9 Å². The van der Waals surface area contributed by atoms with E-state index in [-0.39, 0.29) is 11.8 Å². The third-order valence-electron chi connectivity index (χ3n) is 6.97. The fourth-order valence-electron chi connectivity index (χ4n) is 5.21. The molecule has 0 aromatic heterocycles. The minimum atomic E-state index is -0.0109. The molecule has 0 bridgehead atoms. The Balaban J connectivity index is 1.65. The van der Waals surface area contributed by atoms with Crippen molar-refractivity contribution >= 4 is 28.3 Å². The second-order valence-electron chi connectivity index (χ2n) is 8.95. The lowest BCUT2D eigenvalue weighted by Crippen LogP contribution is -2.42. The van der Waals surface area contributed by atoms with Gasteiger partial charge in [-0.25, -0.2) is 0 Å². The molecule has 0 atom stereocenters. The Morgan fingerprint density at radius 2 is 1.77 bits per heavy atom. The van der Waals surface area contributed by atoms with Crippen LogP contribution in [0.3, 0.4) is 0 Å². The van der Waals surface area contributed by atoms with E-state index in [1.54, 1.807) is 7.05 Å². The number of amides is 2. The van der Waals surface area contributed by atoms with Gasteiger partial charge < -0.3 is 15.1 Å². The third-order valence-corrected chi connectivity index (χ3v) is 6.97. The quantitative estimate of drug-likeness (QED) is 0.753. The SMILES string of the molecule is CCCCc1c(N2CCC(C(=O)N3CCCC3)CC2)cc2ccccc2c1C(=O)NC. The van der Waals surface area contributed by atoms with Gasteiger partial charge in [0.2, 0.25) is 5.91 Å². The highest BCUT2D eigenvalue weighted by molar-refractivity contribution is 6.10. The molecule has 2 heterocycles. The Labute approximate surface area is 185 Å². The summed E-state index contributed by atoms with van der Waals surface area (Å²) in [5, 5.41) is 4.99. The van der Waals surface area contributed by atoms with Crippen molar-refractivity contribution in [2.75, 3.05) is 38.1 Å². The molecule has 2 amide bonds. The number of carbonyl (C=O) groups excluding carboxylic acids is 2. The maximum Gasteiger partial charge on any atom is 0.252 e. The standard InChI is InChI=1S/C26H35N3O2/c1-3-4-10-22-23(18-20-9-5-6-11-21(20)24(22)25(30)27-2)28-16-12-19(13-17-28)26(31)29-14-7-8-15-29/h5-6,9,11,18-19H,3-4,7-8,10,12-17H2,1-2H3,(H,27,30). The number of fused-ring (bicyclic) bond motifs is 1. The van der Waals surface area contributed by atoms with Gasteiger partial charge in [-0.1, -0.05) is 37.6 Å². The number of likely N-dealkylation sites (tertiary alicyclic amines) is 1. The largest absolute Gasteiger partial charge is 0.371 e. The first-order chi connectivity index (χ1) is 15.1. The number of nitrogens with one attached hydrogen (secondary N) is 1. The summed E-state index contributed by atoms with van der Waals surface area (Å²) in [5.74, 6) is 0.489. The second-order valence-corrected chi connectivity index (χ2v) is 8.95. The number of piperidine rings is 1. The predicted octanol–water partition coefficient (Wildman–Crippen LogP) is 4.38. The van der Waals surface area contributed by atoms with Crippen molar-refractivity contribution in [2.45, 2.75) is 51.9 Å². The van der Waals surface area contributed by atoms with Gasteiger partial charge in [0.15, 0.2) is 0 Å². The summed E-state index contributed by atoms with van der Waals surface area (Å²) in [6, 6.07) is 10.5. The smallest absolute Gasteiger partial charge is 0.252 e. The van der Waals surface area contributed by atoms with Gasteiger partial charge in [-0.3, -0.25) is 9.59 Å². The molecule has 0 spiro atoms. The molecule has 0 unspecified atom stereocenters. The summed E-state index contributed by atoms with van der Waals surface area (Å²) >= 11 is 0. The van der Waals surface area contributed by atoms with Gasteiger partial charge in [-0.2, -0.15) is 0 Å². The lowest BCUT2D eigenvalue weighted by atomic mass is 9.90. The van der Waals surface area contributed by atoms with Gasteiger partial charge in [0, 0.05) is 44.8 Å². The average molecular weight is 422 g/mol. The van der Waals surface area contributed by atoms with Crippen molar-refractivity contribution in [1.82, 2.24) is 10.2 Å². The monoisotopic (exact) mass is 421 g/mol. The number of anilines is 1. The van der Waals surface area contributed by atoms with E-state index in [0.29, 0.717) is 5.91 Å². The van der Waals surface area contributed by atoms with Crippen molar-refractivity contribution in [3.8, 4) is 0 Å². The molecule has 5 nitrogen and oxygen atoms in total. The predicted molar refractivity (Wildman–Crippen MR) is 127 cm³/mol.